The van der Waals surface area contributed by atoms with Gasteiger partial charge in [0.1, 0.15) is 6.61 Å². The van der Waals surface area contributed by atoms with Gasteiger partial charge in [0.15, 0.2) is 0 Å². The minimum absolute atomic E-state index is 0.162. The standard InChI is InChI=1S/C9H13NO2S/c1-4-9(11)12-5-8-6(2)10-7(3)13-8/h4-5H2,1-3H3. The Morgan fingerprint density at radius 3 is 2.69 bits per heavy atom. The summed E-state index contributed by atoms with van der Waals surface area (Å²) >= 11 is 1.58. The fraction of sp³-hybridized carbons (Fsp3) is 0.556. The van der Waals surface area contributed by atoms with E-state index in [1.165, 1.54) is 0 Å². The fourth-order valence-corrected chi connectivity index (χ4v) is 1.81. The maximum Gasteiger partial charge on any atom is 0.305 e. The van der Waals surface area contributed by atoms with Gasteiger partial charge in [-0.1, -0.05) is 6.92 Å². The van der Waals surface area contributed by atoms with Gasteiger partial charge in [-0.15, -0.1) is 11.3 Å². The molecule has 1 rings (SSSR count). The number of aromatic nitrogens is 1. The van der Waals surface area contributed by atoms with Crippen LogP contribution in [-0.2, 0) is 16.1 Å². The lowest BCUT2D eigenvalue weighted by molar-refractivity contribution is -0.144. The van der Waals surface area contributed by atoms with Crippen LogP contribution < -0.4 is 0 Å². The van der Waals surface area contributed by atoms with Crippen molar-refractivity contribution in [2.75, 3.05) is 0 Å². The number of carbonyl (C=O) groups excluding carboxylic acids is 1. The topological polar surface area (TPSA) is 39.2 Å². The van der Waals surface area contributed by atoms with Gasteiger partial charge in [0, 0.05) is 6.42 Å². The van der Waals surface area contributed by atoms with Gasteiger partial charge in [0.25, 0.3) is 0 Å². The van der Waals surface area contributed by atoms with E-state index >= 15 is 0 Å². The quantitative estimate of drug-likeness (QED) is 0.701. The van der Waals surface area contributed by atoms with Crippen LogP contribution in [0.1, 0.15) is 28.9 Å². The third-order valence-electron chi connectivity index (χ3n) is 1.65. The average Bonchev–Trinajstić information content (AvgIpc) is 2.41. The summed E-state index contributed by atoms with van der Waals surface area (Å²) in [5, 5.41) is 1.01. The molecule has 0 aromatic carbocycles. The number of hydrogen-bond donors (Lipinski definition) is 0. The minimum atomic E-state index is -0.162. The van der Waals surface area contributed by atoms with Crippen LogP contribution in [0.4, 0.5) is 0 Å². The molecule has 4 heteroatoms. The molecule has 13 heavy (non-hydrogen) atoms. The van der Waals surface area contributed by atoms with Gasteiger partial charge in [-0.2, -0.15) is 0 Å². The lowest BCUT2D eigenvalue weighted by Crippen LogP contribution is -2.01. The molecule has 0 aliphatic heterocycles. The van der Waals surface area contributed by atoms with Crippen LogP contribution in [0.3, 0.4) is 0 Å². The molecule has 0 unspecified atom stereocenters. The van der Waals surface area contributed by atoms with Gasteiger partial charge in [-0.3, -0.25) is 4.79 Å². The van der Waals surface area contributed by atoms with E-state index in [0.717, 1.165) is 15.6 Å². The summed E-state index contributed by atoms with van der Waals surface area (Å²) in [6.45, 7) is 6.03. The molecule has 0 radical (unpaired) electrons. The SMILES string of the molecule is CCC(=O)OCc1sc(C)nc1C. The van der Waals surface area contributed by atoms with Crippen molar-refractivity contribution in [3.63, 3.8) is 0 Å². The molecule has 1 aromatic rings. The van der Waals surface area contributed by atoms with Crippen LogP contribution in [0, 0.1) is 13.8 Å². The lowest BCUT2D eigenvalue weighted by Gasteiger charge is -2.00. The number of esters is 1. The first kappa shape index (κ1) is 10.2. The number of hydrogen-bond acceptors (Lipinski definition) is 4. The zero-order valence-corrected chi connectivity index (χ0v) is 8.90. The molecule has 0 aliphatic rings. The van der Waals surface area contributed by atoms with Crippen LogP contribution in [0.15, 0.2) is 0 Å². The van der Waals surface area contributed by atoms with E-state index in [1.807, 2.05) is 13.8 Å². The third-order valence-corrected chi connectivity index (χ3v) is 2.70. The highest BCUT2D eigenvalue weighted by molar-refractivity contribution is 7.11. The maximum atomic E-state index is 10.9. The molecule has 0 saturated heterocycles. The molecule has 0 aliphatic carbocycles. The number of aryl methyl sites for hydroxylation is 2. The van der Waals surface area contributed by atoms with E-state index in [4.69, 9.17) is 4.74 Å². The first-order valence-corrected chi connectivity index (χ1v) is 5.03. The fourth-order valence-electron chi connectivity index (χ4n) is 0.956. The zero-order chi connectivity index (χ0) is 9.84. The van der Waals surface area contributed by atoms with E-state index < -0.39 is 0 Å². The number of ether oxygens (including phenoxy) is 1. The Labute approximate surface area is 81.8 Å². The maximum absolute atomic E-state index is 10.9. The van der Waals surface area contributed by atoms with Crippen molar-refractivity contribution in [1.82, 2.24) is 4.98 Å². The van der Waals surface area contributed by atoms with Crippen molar-refractivity contribution in [3.05, 3.63) is 15.6 Å². The number of thiazole rings is 1. The Kier molecular flexibility index (Phi) is 3.42. The van der Waals surface area contributed by atoms with Crippen LogP contribution in [0.2, 0.25) is 0 Å². The van der Waals surface area contributed by atoms with Gasteiger partial charge in [-0.05, 0) is 13.8 Å². The highest BCUT2D eigenvalue weighted by Crippen LogP contribution is 2.17. The molecule has 0 atom stereocenters. The van der Waals surface area contributed by atoms with E-state index in [9.17, 15) is 4.79 Å². The molecule has 0 N–H and O–H groups in total. The predicted octanol–water partition coefficient (Wildman–Crippen LogP) is 2.21. The van der Waals surface area contributed by atoms with Crippen molar-refractivity contribution < 1.29 is 9.53 Å². The molecule has 0 saturated carbocycles. The van der Waals surface area contributed by atoms with Gasteiger partial charge >= 0.3 is 5.97 Å². The van der Waals surface area contributed by atoms with Gasteiger partial charge < -0.3 is 4.74 Å². The van der Waals surface area contributed by atoms with E-state index in [1.54, 1.807) is 18.3 Å². The summed E-state index contributed by atoms with van der Waals surface area (Å²) in [6.07, 6.45) is 0.427. The smallest absolute Gasteiger partial charge is 0.305 e. The number of nitrogens with zero attached hydrogens (tertiary/aromatic N) is 1. The Hall–Kier alpha value is -0.900. The second kappa shape index (κ2) is 4.37. The second-order valence-corrected chi connectivity index (χ2v) is 4.04. The van der Waals surface area contributed by atoms with Crippen molar-refractivity contribution >= 4 is 17.3 Å². The molecular weight excluding hydrogens is 186 g/mol. The average molecular weight is 199 g/mol. The van der Waals surface area contributed by atoms with Gasteiger partial charge in [0.05, 0.1) is 15.6 Å². The van der Waals surface area contributed by atoms with Gasteiger partial charge in [-0.25, -0.2) is 4.98 Å². The highest BCUT2D eigenvalue weighted by Gasteiger charge is 2.06. The van der Waals surface area contributed by atoms with E-state index in [2.05, 4.69) is 4.98 Å². The summed E-state index contributed by atoms with van der Waals surface area (Å²) in [4.78, 5) is 16.1. The van der Waals surface area contributed by atoms with Crippen molar-refractivity contribution in [2.45, 2.75) is 33.8 Å². The minimum Gasteiger partial charge on any atom is -0.460 e. The molecule has 0 fully saturated rings. The molecule has 0 amide bonds. The first-order valence-electron chi connectivity index (χ1n) is 4.22. The largest absolute Gasteiger partial charge is 0.460 e. The van der Waals surface area contributed by atoms with Crippen molar-refractivity contribution in [1.29, 1.82) is 0 Å². The molecular formula is C9H13NO2S. The lowest BCUT2D eigenvalue weighted by atomic mass is 10.4. The monoisotopic (exact) mass is 199 g/mol. The summed E-state index contributed by atoms with van der Waals surface area (Å²) in [5.41, 5.74) is 0.964. The molecule has 0 spiro atoms. The first-order chi connectivity index (χ1) is 6.13. The summed E-state index contributed by atoms with van der Waals surface area (Å²) in [6, 6.07) is 0. The number of rotatable bonds is 3. The van der Waals surface area contributed by atoms with Crippen LogP contribution in [-0.4, -0.2) is 11.0 Å². The summed E-state index contributed by atoms with van der Waals surface area (Å²) in [7, 11) is 0. The van der Waals surface area contributed by atoms with Crippen LogP contribution in [0.25, 0.3) is 0 Å². The predicted molar refractivity (Wildman–Crippen MR) is 51.7 cm³/mol. The Morgan fingerprint density at radius 1 is 1.54 bits per heavy atom. The van der Waals surface area contributed by atoms with Crippen LogP contribution in [0.5, 0.6) is 0 Å². The molecule has 72 valence electrons. The highest BCUT2D eigenvalue weighted by atomic mass is 32.1. The Morgan fingerprint density at radius 2 is 2.23 bits per heavy atom. The molecule has 1 heterocycles. The molecule has 0 bridgehead atoms. The normalized spacial score (nSPS) is 10.1. The third kappa shape index (κ3) is 2.81. The van der Waals surface area contributed by atoms with Crippen molar-refractivity contribution in [3.8, 4) is 0 Å². The van der Waals surface area contributed by atoms with Gasteiger partial charge in [0.2, 0.25) is 0 Å². The Bertz CT molecular complexity index is 307. The van der Waals surface area contributed by atoms with Crippen LogP contribution >= 0.6 is 11.3 Å². The Balaban J connectivity index is 2.54. The zero-order valence-electron chi connectivity index (χ0n) is 8.09. The summed E-state index contributed by atoms with van der Waals surface area (Å²) in [5.74, 6) is -0.162. The number of carbonyl (C=O) groups is 1. The molecule has 3 nitrogen and oxygen atoms in total. The summed E-state index contributed by atoms with van der Waals surface area (Å²) < 4.78 is 5.00. The van der Waals surface area contributed by atoms with E-state index in [0.29, 0.717) is 13.0 Å². The van der Waals surface area contributed by atoms with E-state index in [-0.39, 0.29) is 5.97 Å². The second-order valence-electron chi connectivity index (χ2n) is 2.76. The van der Waals surface area contributed by atoms with Crippen molar-refractivity contribution in [2.24, 2.45) is 0 Å². The molecule has 1 aromatic heterocycles.